The van der Waals surface area contributed by atoms with Gasteiger partial charge in [0.05, 0.1) is 12.7 Å². The highest BCUT2D eigenvalue weighted by Gasteiger charge is 2.28. The second kappa shape index (κ2) is 7.31. The van der Waals surface area contributed by atoms with E-state index in [0.29, 0.717) is 12.8 Å². The molecular weight excluding hydrogens is 334 g/mol. The van der Waals surface area contributed by atoms with Crippen LogP contribution in [0.5, 0.6) is 5.75 Å². The molecule has 0 aliphatic heterocycles. The molecule has 0 heterocycles. The van der Waals surface area contributed by atoms with E-state index in [1.165, 1.54) is 39.4 Å². The third kappa shape index (κ3) is 3.76. The van der Waals surface area contributed by atoms with Crippen molar-refractivity contribution >= 4 is 21.8 Å². The molecule has 1 aromatic rings. The number of hydrogen-bond donors (Lipinski definition) is 0. The first kappa shape index (κ1) is 18.4. The third-order valence-corrected chi connectivity index (χ3v) is 5.74. The van der Waals surface area contributed by atoms with Gasteiger partial charge in [-0.15, -0.1) is 0 Å². The zero-order valence-corrected chi connectivity index (χ0v) is 14.8. The number of sulfonamides is 1. The maximum atomic E-state index is 12.4. The second-order valence-corrected chi connectivity index (χ2v) is 7.88. The molecule has 1 aliphatic carbocycles. The zero-order valence-electron chi connectivity index (χ0n) is 13.9. The SMILES string of the molecule is COc1ccc(C(=O)O[C@H]2CCCCC2=O)cc1S(=O)(=O)N(C)C. The fourth-order valence-electron chi connectivity index (χ4n) is 2.47. The molecule has 1 aliphatic rings. The Balaban J connectivity index is 2.31. The third-order valence-electron chi connectivity index (χ3n) is 3.91. The number of benzene rings is 1. The van der Waals surface area contributed by atoms with E-state index in [1.54, 1.807) is 0 Å². The molecule has 132 valence electrons. The second-order valence-electron chi connectivity index (χ2n) is 5.76. The van der Waals surface area contributed by atoms with Crippen LogP contribution in [0.4, 0.5) is 0 Å². The number of ether oxygens (including phenoxy) is 2. The molecule has 24 heavy (non-hydrogen) atoms. The van der Waals surface area contributed by atoms with Crippen molar-refractivity contribution in [1.82, 2.24) is 4.31 Å². The monoisotopic (exact) mass is 355 g/mol. The fourth-order valence-corrected chi connectivity index (χ4v) is 3.55. The molecule has 1 aromatic carbocycles. The van der Waals surface area contributed by atoms with Gasteiger partial charge in [-0.05, 0) is 37.5 Å². The van der Waals surface area contributed by atoms with E-state index in [-0.39, 0.29) is 22.0 Å². The van der Waals surface area contributed by atoms with E-state index in [0.717, 1.165) is 17.1 Å². The number of methoxy groups -OCH3 is 1. The highest BCUT2D eigenvalue weighted by atomic mass is 32.2. The Bertz CT molecular complexity index is 741. The summed E-state index contributed by atoms with van der Waals surface area (Å²) in [6.45, 7) is 0. The van der Waals surface area contributed by atoms with Crippen LogP contribution >= 0.6 is 0 Å². The lowest BCUT2D eigenvalue weighted by Gasteiger charge is -2.21. The van der Waals surface area contributed by atoms with Gasteiger partial charge in [-0.1, -0.05) is 0 Å². The van der Waals surface area contributed by atoms with Crippen molar-refractivity contribution in [3.05, 3.63) is 23.8 Å². The summed E-state index contributed by atoms with van der Waals surface area (Å²) in [5, 5.41) is 0. The smallest absolute Gasteiger partial charge is 0.338 e. The van der Waals surface area contributed by atoms with Gasteiger partial charge in [0.25, 0.3) is 0 Å². The lowest BCUT2D eigenvalue weighted by atomic mass is 9.96. The fraction of sp³-hybridized carbons (Fsp3) is 0.500. The molecule has 0 aromatic heterocycles. The normalized spacial score (nSPS) is 18.5. The molecule has 1 saturated carbocycles. The maximum absolute atomic E-state index is 12.4. The molecule has 0 radical (unpaired) electrons. The molecule has 2 rings (SSSR count). The summed E-state index contributed by atoms with van der Waals surface area (Å²) in [5.41, 5.74) is 0.0644. The summed E-state index contributed by atoms with van der Waals surface area (Å²) in [4.78, 5) is 23.9. The molecule has 1 fully saturated rings. The van der Waals surface area contributed by atoms with E-state index in [4.69, 9.17) is 9.47 Å². The lowest BCUT2D eigenvalue weighted by Crippen LogP contribution is -2.30. The van der Waals surface area contributed by atoms with Crippen molar-refractivity contribution in [2.45, 2.75) is 36.7 Å². The number of carbonyl (C=O) groups excluding carboxylic acids is 2. The summed E-state index contributed by atoms with van der Waals surface area (Å²) >= 11 is 0. The van der Waals surface area contributed by atoms with Gasteiger partial charge in [0.2, 0.25) is 10.0 Å². The van der Waals surface area contributed by atoms with E-state index in [2.05, 4.69) is 0 Å². The van der Waals surface area contributed by atoms with Crippen LogP contribution in [0, 0.1) is 0 Å². The molecular formula is C16H21NO6S. The van der Waals surface area contributed by atoms with Gasteiger partial charge in [-0.3, -0.25) is 4.79 Å². The maximum Gasteiger partial charge on any atom is 0.338 e. The summed E-state index contributed by atoms with van der Waals surface area (Å²) in [6, 6.07) is 4.03. The van der Waals surface area contributed by atoms with Crippen LogP contribution < -0.4 is 4.74 Å². The van der Waals surface area contributed by atoms with Crippen LogP contribution in [0.3, 0.4) is 0 Å². The van der Waals surface area contributed by atoms with Gasteiger partial charge in [0, 0.05) is 20.5 Å². The van der Waals surface area contributed by atoms with Gasteiger partial charge in [-0.2, -0.15) is 0 Å². The van der Waals surface area contributed by atoms with E-state index >= 15 is 0 Å². The Morgan fingerprint density at radius 1 is 1.25 bits per heavy atom. The minimum atomic E-state index is -3.79. The van der Waals surface area contributed by atoms with Crippen LogP contribution in [-0.2, 0) is 19.6 Å². The predicted molar refractivity (Wildman–Crippen MR) is 86.5 cm³/mol. The van der Waals surface area contributed by atoms with Crippen LogP contribution in [0.1, 0.15) is 36.0 Å². The molecule has 0 amide bonds. The van der Waals surface area contributed by atoms with Crippen LogP contribution in [-0.4, -0.2) is 51.8 Å². The van der Waals surface area contributed by atoms with Gasteiger partial charge in [0.15, 0.2) is 11.9 Å². The Labute approximate surface area is 141 Å². The van der Waals surface area contributed by atoms with Crippen molar-refractivity contribution in [1.29, 1.82) is 0 Å². The molecule has 0 spiro atoms. The highest BCUT2D eigenvalue weighted by molar-refractivity contribution is 7.89. The van der Waals surface area contributed by atoms with E-state index < -0.39 is 22.1 Å². The number of Topliss-reactive ketones (excluding diaryl/α,β-unsaturated/α-hetero) is 1. The largest absolute Gasteiger partial charge is 0.495 e. The molecule has 8 heteroatoms. The van der Waals surface area contributed by atoms with E-state index in [1.807, 2.05) is 0 Å². The number of carbonyl (C=O) groups is 2. The zero-order chi connectivity index (χ0) is 17.9. The van der Waals surface area contributed by atoms with Gasteiger partial charge >= 0.3 is 5.97 Å². The molecule has 0 bridgehead atoms. The molecule has 1 atom stereocenters. The number of ketones is 1. The summed E-state index contributed by atoms with van der Waals surface area (Å²) in [6.07, 6.45) is 1.79. The summed E-state index contributed by atoms with van der Waals surface area (Å²) in [5.74, 6) is -0.675. The van der Waals surface area contributed by atoms with Crippen LogP contribution in [0.2, 0.25) is 0 Å². The highest BCUT2D eigenvalue weighted by Crippen LogP contribution is 2.28. The standard InChI is InChI=1S/C16H21NO6S/c1-17(2)24(20,21)15-10-11(8-9-14(15)22-3)16(19)23-13-7-5-4-6-12(13)18/h8-10,13H,4-7H2,1-3H3/t13-/m0/s1. The minimum absolute atomic E-state index is 0.0644. The van der Waals surface area contributed by atoms with Crippen molar-refractivity contribution < 1.29 is 27.5 Å². The summed E-state index contributed by atoms with van der Waals surface area (Å²) in [7, 11) is 0.343. The van der Waals surface area contributed by atoms with Gasteiger partial charge in [-0.25, -0.2) is 17.5 Å². The molecule has 0 saturated heterocycles. The van der Waals surface area contributed by atoms with Crippen molar-refractivity contribution in [2.75, 3.05) is 21.2 Å². The molecule has 7 nitrogen and oxygen atoms in total. The first-order chi connectivity index (χ1) is 11.3. The number of esters is 1. The Kier molecular flexibility index (Phi) is 5.61. The Morgan fingerprint density at radius 3 is 2.54 bits per heavy atom. The lowest BCUT2D eigenvalue weighted by molar-refractivity contribution is -0.129. The van der Waals surface area contributed by atoms with Gasteiger partial charge in [0.1, 0.15) is 10.6 Å². The topological polar surface area (TPSA) is 90.0 Å². The average molecular weight is 355 g/mol. The molecule has 0 unspecified atom stereocenters. The Morgan fingerprint density at radius 2 is 1.96 bits per heavy atom. The van der Waals surface area contributed by atoms with Crippen LogP contribution in [0.25, 0.3) is 0 Å². The van der Waals surface area contributed by atoms with Crippen molar-refractivity contribution in [3.8, 4) is 5.75 Å². The van der Waals surface area contributed by atoms with Crippen LogP contribution in [0.15, 0.2) is 23.1 Å². The average Bonchev–Trinajstić information content (AvgIpc) is 2.56. The quantitative estimate of drug-likeness (QED) is 0.746. The van der Waals surface area contributed by atoms with Crippen molar-refractivity contribution in [2.24, 2.45) is 0 Å². The molecule has 0 N–H and O–H groups in total. The number of nitrogens with zero attached hydrogens (tertiary/aromatic N) is 1. The van der Waals surface area contributed by atoms with Crippen molar-refractivity contribution in [3.63, 3.8) is 0 Å². The van der Waals surface area contributed by atoms with E-state index in [9.17, 15) is 18.0 Å². The first-order valence-electron chi connectivity index (χ1n) is 7.61. The first-order valence-corrected chi connectivity index (χ1v) is 9.05. The number of rotatable bonds is 5. The number of hydrogen-bond acceptors (Lipinski definition) is 6. The predicted octanol–water partition coefficient (Wildman–Crippen LogP) is 1.61. The van der Waals surface area contributed by atoms with Gasteiger partial charge < -0.3 is 9.47 Å². The Hall–Kier alpha value is -1.93. The summed E-state index contributed by atoms with van der Waals surface area (Å²) < 4.78 is 36.1. The minimum Gasteiger partial charge on any atom is -0.495 e.